The maximum absolute atomic E-state index is 12.2. The molecule has 4 heteroatoms. The first-order chi connectivity index (χ1) is 7.68. The van der Waals surface area contributed by atoms with E-state index in [4.69, 9.17) is 23.2 Å². The number of carbonyl (C=O) groups is 1. The van der Waals surface area contributed by atoms with E-state index >= 15 is 0 Å². The summed E-state index contributed by atoms with van der Waals surface area (Å²) in [7, 11) is 0. The molecule has 1 heterocycles. The van der Waals surface area contributed by atoms with Crippen LogP contribution < -0.4 is 5.32 Å². The topological polar surface area (TPSA) is 29.1 Å². The van der Waals surface area contributed by atoms with E-state index in [-0.39, 0.29) is 11.7 Å². The van der Waals surface area contributed by atoms with Gasteiger partial charge in [-0.2, -0.15) is 0 Å². The molecular weight excluding hydrogens is 245 g/mol. The fourth-order valence-electron chi connectivity index (χ4n) is 1.98. The first-order valence-electron chi connectivity index (χ1n) is 5.38. The summed E-state index contributed by atoms with van der Waals surface area (Å²) in [5.41, 5.74) is 0.583. The molecule has 0 aromatic heterocycles. The van der Waals surface area contributed by atoms with Gasteiger partial charge in [-0.15, -0.1) is 0 Å². The van der Waals surface area contributed by atoms with Crippen molar-refractivity contribution in [2.45, 2.75) is 12.8 Å². The second kappa shape index (κ2) is 5.17. The molecule has 86 valence electrons. The monoisotopic (exact) mass is 257 g/mol. The summed E-state index contributed by atoms with van der Waals surface area (Å²) >= 11 is 11.8. The lowest BCUT2D eigenvalue weighted by Gasteiger charge is -2.21. The van der Waals surface area contributed by atoms with Crippen molar-refractivity contribution in [3.8, 4) is 0 Å². The standard InChI is InChI=1S/C12H13Cl2NO/c13-9-3-4-10(11(14)6-9)12(16)8-2-1-5-15-7-8/h3-4,6,8,15H,1-2,5,7H2. The number of halogens is 2. The van der Waals surface area contributed by atoms with Crippen LogP contribution in [0.15, 0.2) is 18.2 Å². The van der Waals surface area contributed by atoms with Crippen molar-refractivity contribution in [1.82, 2.24) is 5.32 Å². The van der Waals surface area contributed by atoms with Crippen LogP contribution in [0.25, 0.3) is 0 Å². The fraction of sp³-hybridized carbons (Fsp3) is 0.417. The normalized spacial score (nSPS) is 20.8. The van der Waals surface area contributed by atoms with E-state index in [1.165, 1.54) is 0 Å². The number of nitrogens with one attached hydrogen (secondary N) is 1. The number of hydrogen-bond acceptors (Lipinski definition) is 2. The van der Waals surface area contributed by atoms with Gasteiger partial charge in [-0.25, -0.2) is 0 Å². The van der Waals surface area contributed by atoms with Crippen LogP contribution in [-0.4, -0.2) is 18.9 Å². The van der Waals surface area contributed by atoms with Gasteiger partial charge >= 0.3 is 0 Å². The third-order valence-electron chi connectivity index (χ3n) is 2.86. The van der Waals surface area contributed by atoms with E-state index in [9.17, 15) is 4.79 Å². The third kappa shape index (κ3) is 2.57. The van der Waals surface area contributed by atoms with Crippen LogP contribution in [-0.2, 0) is 0 Å². The second-order valence-electron chi connectivity index (χ2n) is 4.03. The first kappa shape index (κ1) is 11.9. The Morgan fingerprint density at radius 3 is 2.81 bits per heavy atom. The summed E-state index contributed by atoms with van der Waals surface area (Å²) < 4.78 is 0. The number of Topliss-reactive ketones (excluding diaryl/α,β-unsaturated/α-hetero) is 1. The van der Waals surface area contributed by atoms with Gasteiger partial charge in [-0.1, -0.05) is 23.2 Å². The van der Waals surface area contributed by atoms with Gasteiger partial charge in [0.15, 0.2) is 5.78 Å². The van der Waals surface area contributed by atoms with E-state index in [2.05, 4.69) is 5.32 Å². The Hall–Kier alpha value is -0.570. The highest BCUT2D eigenvalue weighted by Crippen LogP contribution is 2.25. The largest absolute Gasteiger partial charge is 0.316 e. The van der Waals surface area contributed by atoms with Crippen LogP contribution in [0.3, 0.4) is 0 Å². The minimum Gasteiger partial charge on any atom is -0.316 e. The van der Waals surface area contributed by atoms with Gasteiger partial charge in [0.2, 0.25) is 0 Å². The summed E-state index contributed by atoms with van der Waals surface area (Å²) in [4.78, 5) is 12.2. The number of hydrogen-bond donors (Lipinski definition) is 1. The van der Waals surface area contributed by atoms with E-state index in [0.29, 0.717) is 15.6 Å². The molecule has 0 spiro atoms. The first-order valence-corrected chi connectivity index (χ1v) is 6.14. The number of piperidine rings is 1. The minimum atomic E-state index is 0.0485. The number of carbonyl (C=O) groups excluding carboxylic acids is 1. The molecule has 0 amide bonds. The highest BCUT2D eigenvalue weighted by Gasteiger charge is 2.23. The Balaban J connectivity index is 2.19. The van der Waals surface area contributed by atoms with Crippen molar-refractivity contribution < 1.29 is 4.79 Å². The molecule has 2 rings (SSSR count). The van der Waals surface area contributed by atoms with Crippen LogP contribution >= 0.6 is 23.2 Å². The maximum atomic E-state index is 12.2. The predicted molar refractivity (Wildman–Crippen MR) is 66.4 cm³/mol. The van der Waals surface area contributed by atoms with Gasteiger partial charge in [-0.3, -0.25) is 4.79 Å². The smallest absolute Gasteiger partial charge is 0.168 e. The molecule has 0 saturated carbocycles. The molecule has 1 unspecified atom stereocenters. The van der Waals surface area contributed by atoms with Crippen molar-refractivity contribution in [1.29, 1.82) is 0 Å². The van der Waals surface area contributed by atoms with E-state index in [0.717, 1.165) is 25.9 Å². The average Bonchev–Trinajstić information content (AvgIpc) is 2.29. The number of ketones is 1. The highest BCUT2D eigenvalue weighted by atomic mass is 35.5. The van der Waals surface area contributed by atoms with Gasteiger partial charge in [0.25, 0.3) is 0 Å². The lowest BCUT2D eigenvalue weighted by Crippen LogP contribution is -2.34. The third-order valence-corrected chi connectivity index (χ3v) is 3.41. The molecule has 1 aliphatic heterocycles. The average molecular weight is 258 g/mol. The minimum absolute atomic E-state index is 0.0485. The van der Waals surface area contributed by atoms with Crippen molar-refractivity contribution in [2.75, 3.05) is 13.1 Å². The number of rotatable bonds is 2. The SMILES string of the molecule is O=C(c1ccc(Cl)cc1Cl)C1CCCNC1. The summed E-state index contributed by atoms with van der Waals surface area (Å²) in [5.74, 6) is 0.168. The quantitative estimate of drug-likeness (QED) is 0.825. The molecule has 1 atom stereocenters. The Kier molecular flexibility index (Phi) is 3.85. The molecule has 2 nitrogen and oxygen atoms in total. The zero-order chi connectivity index (χ0) is 11.5. The Morgan fingerprint density at radius 2 is 2.19 bits per heavy atom. The second-order valence-corrected chi connectivity index (χ2v) is 4.88. The van der Waals surface area contributed by atoms with Crippen molar-refractivity contribution in [2.24, 2.45) is 5.92 Å². The summed E-state index contributed by atoms with van der Waals surface area (Å²) in [5, 5.41) is 4.23. The highest BCUT2D eigenvalue weighted by molar-refractivity contribution is 6.36. The maximum Gasteiger partial charge on any atom is 0.168 e. The lowest BCUT2D eigenvalue weighted by molar-refractivity contribution is 0.0900. The Morgan fingerprint density at radius 1 is 1.38 bits per heavy atom. The summed E-state index contributed by atoms with van der Waals surface area (Å²) in [6.07, 6.45) is 1.98. The number of benzene rings is 1. The lowest BCUT2D eigenvalue weighted by atomic mass is 9.91. The van der Waals surface area contributed by atoms with E-state index < -0.39 is 0 Å². The summed E-state index contributed by atoms with van der Waals surface area (Å²) in [6, 6.07) is 5.03. The van der Waals surface area contributed by atoms with Gasteiger partial charge in [0.1, 0.15) is 0 Å². The van der Waals surface area contributed by atoms with Gasteiger partial charge in [0.05, 0.1) is 5.02 Å². The van der Waals surface area contributed by atoms with Crippen LogP contribution in [0.5, 0.6) is 0 Å². The van der Waals surface area contributed by atoms with E-state index in [1.807, 2.05) is 0 Å². The molecule has 16 heavy (non-hydrogen) atoms. The predicted octanol–water partition coefficient (Wildman–Crippen LogP) is 3.18. The Labute approximate surface area is 105 Å². The van der Waals surface area contributed by atoms with Gasteiger partial charge in [-0.05, 0) is 37.6 Å². The van der Waals surface area contributed by atoms with Crippen LogP contribution in [0.2, 0.25) is 10.0 Å². The zero-order valence-corrected chi connectivity index (χ0v) is 10.3. The molecule has 0 aliphatic carbocycles. The van der Waals surface area contributed by atoms with Crippen molar-refractivity contribution >= 4 is 29.0 Å². The van der Waals surface area contributed by atoms with Crippen LogP contribution in [0.1, 0.15) is 23.2 Å². The molecule has 1 N–H and O–H groups in total. The van der Waals surface area contributed by atoms with Gasteiger partial charge in [0, 0.05) is 23.0 Å². The Bertz CT molecular complexity index is 400. The van der Waals surface area contributed by atoms with Crippen molar-refractivity contribution in [3.63, 3.8) is 0 Å². The summed E-state index contributed by atoms with van der Waals surface area (Å²) in [6.45, 7) is 1.75. The molecule has 1 aliphatic rings. The molecule has 0 bridgehead atoms. The molecule has 0 radical (unpaired) electrons. The molecular formula is C12H13Cl2NO. The van der Waals surface area contributed by atoms with Crippen LogP contribution in [0.4, 0.5) is 0 Å². The van der Waals surface area contributed by atoms with Crippen LogP contribution in [0, 0.1) is 5.92 Å². The molecule has 1 aromatic carbocycles. The molecule has 1 aromatic rings. The zero-order valence-electron chi connectivity index (χ0n) is 8.80. The molecule has 1 saturated heterocycles. The fourth-order valence-corrected chi connectivity index (χ4v) is 2.49. The van der Waals surface area contributed by atoms with Gasteiger partial charge < -0.3 is 5.32 Å². The van der Waals surface area contributed by atoms with E-state index in [1.54, 1.807) is 18.2 Å². The molecule has 1 fully saturated rings. The van der Waals surface area contributed by atoms with Crippen molar-refractivity contribution in [3.05, 3.63) is 33.8 Å².